The van der Waals surface area contributed by atoms with Crippen molar-refractivity contribution in [3.63, 3.8) is 0 Å². The van der Waals surface area contributed by atoms with Crippen molar-refractivity contribution in [1.82, 2.24) is 0 Å². The molecule has 30 heavy (non-hydrogen) atoms. The van der Waals surface area contributed by atoms with Crippen LogP contribution in [-0.2, 0) is 12.8 Å². The minimum absolute atomic E-state index is 0.129. The van der Waals surface area contributed by atoms with Crippen LogP contribution in [0.2, 0.25) is 0 Å². The molecule has 0 saturated carbocycles. The van der Waals surface area contributed by atoms with Crippen molar-refractivity contribution in [3.8, 4) is 0 Å². The lowest BCUT2D eigenvalue weighted by atomic mass is 10.0. The van der Waals surface area contributed by atoms with Crippen molar-refractivity contribution in [2.45, 2.75) is 32.6 Å². The van der Waals surface area contributed by atoms with Crippen molar-refractivity contribution in [1.29, 1.82) is 0 Å². The maximum atomic E-state index is 12.9. The first-order valence-corrected chi connectivity index (χ1v) is 10.3. The maximum Gasteiger partial charge on any atom is 0.185 e. The quantitative estimate of drug-likeness (QED) is 0.210. The third-order valence-corrected chi connectivity index (χ3v) is 5.16. The molecule has 152 valence electrons. The standard InChI is InChI=1S/C28H27FO/c1-21(2)25-14-11-23(12-15-25)6-4-3-5-22-7-9-24(10-8-22)13-20-28(30)26-16-18-27(29)19-17-26/h7-20H,1,3-6H2,2H3/b20-13+. The van der Waals surface area contributed by atoms with E-state index in [0.29, 0.717) is 5.56 Å². The smallest absolute Gasteiger partial charge is 0.185 e. The number of halogens is 1. The third kappa shape index (κ3) is 6.38. The van der Waals surface area contributed by atoms with Gasteiger partial charge in [-0.1, -0.05) is 66.8 Å². The number of unbranched alkanes of at least 4 members (excludes halogenated alkanes) is 1. The molecule has 0 aliphatic carbocycles. The zero-order valence-electron chi connectivity index (χ0n) is 17.4. The van der Waals surface area contributed by atoms with E-state index >= 15 is 0 Å². The van der Waals surface area contributed by atoms with Crippen LogP contribution >= 0.6 is 0 Å². The summed E-state index contributed by atoms with van der Waals surface area (Å²) in [4.78, 5) is 12.1. The van der Waals surface area contributed by atoms with Crippen LogP contribution in [0.5, 0.6) is 0 Å². The van der Waals surface area contributed by atoms with E-state index < -0.39 is 0 Å². The van der Waals surface area contributed by atoms with E-state index in [1.807, 2.05) is 19.1 Å². The van der Waals surface area contributed by atoms with Gasteiger partial charge in [0, 0.05) is 5.56 Å². The topological polar surface area (TPSA) is 17.1 Å². The number of ketones is 1. The molecule has 1 nitrogen and oxygen atoms in total. The van der Waals surface area contributed by atoms with E-state index in [1.165, 1.54) is 47.0 Å². The summed E-state index contributed by atoms with van der Waals surface area (Å²) in [5, 5.41) is 0. The minimum atomic E-state index is -0.341. The SMILES string of the molecule is C=C(C)c1ccc(CCCCc2ccc(/C=C/C(=O)c3ccc(F)cc3)cc2)cc1. The lowest BCUT2D eigenvalue weighted by molar-refractivity contribution is 0.104. The van der Waals surface area contributed by atoms with E-state index in [1.54, 1.807) is 6.08 Å². The Labute approximate surface area is 178 Å². The van der Waals surface area contributed by atoms with Gasteiger partial charge in [0.15, 0.2) is 5.78 Å². The summed E-state index contributed by atoms with van der Waals surface area (Å²) in [5.74, 6) is -0.470. The van der Waals surface area contributed by atoms with Gasteiger partial charge in [-0.25, -0.2) is 4.39 Å². The van der Waals surface area contributed by atoms with Gasteiger partial charge in [-0.05, 0) is 85.2 Å². The molecule has 0 N–H and O–H groups in total. The summed E-state index contributed by atoms with van der Waals surface area (Å²) < 4.78 is 12.9. The van der Waals surface area contributed by atoms with Crippen molar-refractivity contribution in [3.05, 3.63) is 119 Å². The highest BCUT2D eigenvalue weighted by Gasteiger charge is 2.02. The molecule has 0 bridgehead atoms. The molecule has 0 aliphatic heterocycles. The van der Waals surface area contributed by atoms with E-state index in [2.05, 4.69) is 43.0 Å². The van der Waals surface area contributed by atoms with Gasteiger partial charge >= 0.3 is 0 Å². The van der Waals surface area contributed by atoms with Crippen molar-refractivity contribution in [2.75, 3.05) is 0 Å². The van der Waals surface area contributed by atoms with E-state index in [9.17, 15) is 9.18 Å². The Kier molecular flexibility index (Phi) is 7.51. The van der Waals surface area contributed by atoms with Crippen LogP contribution in [-0.4, -0.2) is 5.78 Å². The Morgan fingerprint density at radius 3 is 1.83 bits per heavy atom. The van der Waals surface area contributed by atoms with Gasteiger partial charge in [0.05, 0.1) is 0 Å². The Balaban J connectivity index is 1.44. The Morgan fingerprint density at radius 1 is 0.800 bits per heavy atom. The van der Waals surface area contributed by atoms with Crippen LogP contribution < -0.4 is 0 Å². The molecule has 3 rings (SSSR count). The second-order valence-corrected chi connectivity index (χ2v) is 7.63. The number of benzene rings is 3. The highest BCUT2D eigenvalue weighted by atomic mass is 19.1. The van der Waals surface area contributed by atoms with Crippen molar-refractivity contribution < 1.29 is 9.18 Å². The number of aryl methyl sites for hydroxylation is 2. The highest BCUT2D eigenvalue weighted by molar-refractivity contribution is 6.06. The molecule has 0 radical (unpaired) electrons. The minimum Gasteiger partial charge on any atom is -0.289 e. The summed E-state index contributed by atoms with van der Waals surface area (Å²) in [7, 11) is 0. The summed E-state index contributed by atoms with van der Waals surface area (Å²) in [6.07, 6.45) is 7.75. The van der Waals surface area contributed by atoms with Gasteiger partial charge in [0.2, 0.25) is 0 Å². The lowest BCUT2D eigenvalue weighted by Crippen LogP contribution is -1.94. The van der Waals surface area contributed by atoms with E-state index in [4.69, 9.17) is 0 Å². The first-order valence-electron chi connectivity index (χ1n) is 10.3. The average Bonchev–Trinajstić information content (AvgIpc) is 2.76. The number of carbonyl (C=O) groups excluding carboxylic acids is 1. The molecule has 2 heteroatoms. The number of hydrogen-bond donors (Lipinski definition) is 0. The molecular weight excluding hydrogens is 371 g/mol. The molecule has 0 spiro atoms. The predicted molar refractivity (Wildman–Crippen MR) is 124 cm³/mol. The van der Waals surface area contributed by atoms with Crippen LogP contribution in [0.25, 0.3) is 11.6 Å². The average molecular weight is 399 g/mol. The molecular formula is C28H27FO. The molecule has 0 unspecified atom stereocenters. The molecule has 0 heterocycles. The van der Waals surface area contributed by atoms with Gasteiger partial charge < -0.3 is 0 Å². The molecule has 0 amide bonds. The molecule has 0 aromatic heterocycles. The fraction of sp³-hybridized carbons (Fsp3) is 0.179. The van der Waals surface area contributed by atoms with Gasteiger partial charge in [0.1, 0.15) is 5.82 Å². The third-order valence-electron chi connectivity index (χ3n) is 5.16. The molecule has 0 fully saturated rings. The first-order chi connectivity index (χ1) is 14.5. The zero-order valence-corrected chi connectivity index (χ0v) is 17.4. The monoisotopic (exact) mass is 398 g/mol. The van der Waals surface area contributed by atoms with E-state index in [-0.39, 0.29) is 11.6 Å². The molecule has 3 aromatic rings. The first kappa shape index (κ1) is 21.4. The van der Waals surface area contributed by atoms with Crippen molar-refractivity contribution >= 4 is 17.4 Å². The number of carbonyl (C=O) groups is 1. The Hall–Kier alpha value is -3.26. The Morgan fingerprint density at radius 2 is 1.30 bits per heavy atom. The molecule has 3 aromatic carbocycles. The number of allylic oxidation sites excluding steroid dienone is 2. The number of rotatable bonds is 9. The van der Waals surface area contributed by atoms with Crippen LogP contribution in [0.4, 0.5) is 4.39 Å². The maximum absolute atomic E-state index is 12.9. The zero-order chi connectivity index (χ0) is 21.3. The van der Waals surface area contributed by atoms with Crippen LogP contribution in [0.15, 0.2) is 85.5 Å². The van der Waals surface area contributed by atoms with Crippen molar-refractivity contribution in [2.24, 2.45) is 0 Å². The van der Waals surface area contributed by atoms with Crippen LogP contribution in [0.3, 0.4) is 0 Å². The van der Waals surface area contributed by atoms with Crippen LogP contribution in [0.1, 0.15) is 52.4 Å². The molecule has 0 saturated heterocycles. The predicted octanol–water partition coefficient (Wildman–Crippen LogP) is 7.32. The van der Waals surface area contributed by atoms with Gasteiger partial charge in [-0.15, -0.1) is 0 Å². The fourth-order valence-corrected chi connectivity index (χ4v) is 3.29. The van der Waals surface area contributed by atoms with Gasteiger partial charge in [-0.3, -0.25) is 4.79 Å². The Bertz CT molecular complexity index is 1010. The molecule has 0 aliphatic rings. The fourth-order valence-electron chi connectivity index (χ4n) is 3.29. The highest BCUT2D eigenvalue weighted by Crippen LogP contribution is 2.15. The lowest BCUT2D eigenvalue weighted by Gasteiger charge is -2.05. The second-order valence-electron chi connectivity index (χ2n) is 7.63. The summed E-state index contributed by atoms with van der Waals surface area (Å²) in [5.41, 5.74) is 6.43. The summed E-state index contributed by atoms with van der Waals surface area (Å²) >= 11 is 0. The molecule has 0 atom stereocenters. The van der Waals surface area contributed by atoms with Gasteiger partial charge in [-0.2, -0.15) is 0 Å². The second kappa shape index (κ2) is 10.5. The summed E-state index contributed by atoms with van der Waals surface area (Å²) in [6, 6.07) is 22.6. The summed E-state index contributed by atoms with van der Waals surface area (Å²) in [6.45, 7) is 6.00. The largest absolute Gasteiger partial charge is 0.289 e. The normalized spacial score (nSPS) is 11.0. The number of hydrogen-bond acceptors (Lipinski definition) is 1. The van der Waals surface area contributed by atoms with Gasteiger partial charge in [0.25, 0.3) is 0 Å². The van der Waals surface area contributed by atoms with Crippen LogP contribution in [0, 0.1) is 5.82 Å². The van der Waals surface area contributed by atoms with E-state index in [0.717, 1.165) is 36.8 Å².